The largest absolute Gasteiger partial charge is 0.321 e. The highest BCUT2D eigenvalue weighted by molar-refractivity contribution is 14.1. The molecule has 0 fully saturated rings. The van der Waals surface area contributed by atoms with E-state index in [-0.39, 0.29) is 5.57 Å². The van der Waals surface area contributed by atoms with Crippen molar-refractivity contribution < 1.29 is 4.79 Å². The van der Waals surface area contributed by atoms with Gasteiger partial charge in [0.05, 0.1) is 0 Å². The molecule has 0 atom stereocenters. The lowest BCUT2D eigenvalue weighted by Crippen LogP contribution is -2.13. The van der Waals surface area contributed by atoms with E-state index in [4.69, 9.17) is 5.26 Å². The summed E-state index contributed by atoms with van der Waals surface area (Å²) >= 11 is 2.16. The molecule has 1 amide bonds. The van der Waals surface area contributed by atoms with Crippen molar-refractivity contribution in [3.05, 3.63) is 63.5 Å². The summed E-state index contributed by atoms with van der Waals surface area (Å²) in [5, 5.41) is 11.8. The number of carbonyl (C=O) groups is 1. The lowest BCUT2D eigenvalue weighted by molar-refractivity contribution is -0.112. The van der Waals surface area contributed by atoms with E-state index in [0.717, 1.165) is 9.13 Å². The standard InChI is InChI=1S/C15H10IN3O/c16-13-2-1-3-14(9-13)19-15(20)12(10-17)8-11-4-6-18-7-5-11/h1-9H,(H,19,20)/b12-8+. The summed E-state index contributed by atoms with van der Waals surface area (Å²) in [7, 11) is 0. The van der Waals surface area contributed by atoms with Gasteiger partial charge >= 0.3 is 0 Å². The van der Waals surface area contributed by atoms with E-state index in [9.17, 15) is 4.79 Å². The van der Waals surface area contributed by atoms with E-state index in [1.807, 2.05) is 24.3 Å². The highest BCUT2D eigenvalue weighted by Crippen LogP contribution is 2.14. The van der Waals surface area contributed by atoms with Gasteiger partial charge in [-0.1, -0.05) is 6.07 Å². The number of hydrogen-bond acceptors (Lipinski definition) is 3. The Bertz CT molecular complexity index is 690. The van der Waals surface area contributed by atoms with Gasteiger partial charge in [-0.25, -0.2) is 0 Å². The zero-order chi connectivity index (χ0) is 14.4. The van der Waals surface area contributed by atoms with Gasteiger partial charge in [-0.3, -0.25) is 9.78 Å². The van der Waals surface area contributed by atoms with Gasteiger partial charge in [-0.05, 0) is 64.6 Å². The maximum absolute atomic E-state index is 12.0. The average Bonchev–Trinajstić information content (AvgIpc) is 2.45. The Labute approximate surface area is 130 Å². The second kappa shape index (κ2) is 6.82. The number of benzene rings is 1. The van der Waals surface area contributed by atoms with Crippen molar-refractivity contribution in [3.8, 4) is 6.07 Å². The second-order valence-electron chi connectivity index (χ2n) is 3.91. The summed E-state index contributed by atoms with van der Waals surface area (Å²) in [5.74, 6) is -0.425. The Morgan fingerprint density at radius 3 is 2.70 bits per heavy atom. The van der Waals surface area contributed by atoms with Crippen molar-refractivity contribution in [2.24, 2.45) is 0 Å². The molecule has 1 aromatic carbocycles. The Balaban J connectivity index is 2.19. The fraction of sp³-hybridized carbons (Fsp3) is 0. The normalized spacial score (nSPS) is 10.7. The molecular weight excluding hydrogens is 365 g/mol. The predicted molar refractivity (Wildman–Crippen MR) is 85.6 cm³/mol. The van der Waals surface area contributed by atoms with Crippen LogP contribution in [0.3, 0.4) is 0 Å². The van der Waals surface area contributed by atoms with Crippen LogP contribution < -0.4 is 5.32 Å². The third kappa shape index (κ3) is 3.90. The minimum atomic E-state index is -0.425. The van der Waals surface area contributed by atoms with Crippen LogP contribution in [-0.2, 0) is 4.79 Å². The molecule has 1 heterocycles. The van der Waals surface area contributed by atoms with Crippen LogP contribution in [0.2, 0.25) is 0 Å². The number of halogens is 1. The van der Waals surface area contributed by atoms with Crippen molar-refractivity contribution in [1.29, 1.82) is 5.26 Å². The van der Waals surface area contributed by atoms with Crippen molar-refractivity contribution in [2.45, 2.75) is 0 Å². The fourth-order valence-corrected chi connectivity index (χ4v) is 2.08. The van der Waals surface area contributed by atoms with Gasteiger partial charge < -0.3 is 5.32 Å². The molecule has 0 unspecified atom stereocenters. The van der Waals surface area contributed by atoms with E-state index in [2.05, 4.69) is 32.9 Å². The molecule has 1 aromatic heterocycles. The topological polar surface area (TPSA) is 65.8 Å². The molecule has 0 spiro atoms. The highest BCUT2D eigenvalue weighted by Gasteiger charge is 2.09. The van der Waals surface area contributed by atoms with Crippen LogP contribution in [0.5, 0.6) is 0 Å². The van der Waals surface area contributed by atoms with Crippen LogP contribution in [0.4, 0.5) is 5.69 Å². The first-order chi connectivity index (χ1) is 9.69. The number of aromatic nitrogens is 1. The van der Waals surface area contributed by atoms with Crippen LogP contribution >= 0.6 is 22.6 Å². The van der Waals surface area contributed by atoms with E-state index in [1.54, 1.807) is 30.6 Å². The minimum Gasteiger partial charge on any atom is -0.321 e. The van der Waals surface area contributed by atoms with Gasteiger partial charge in [0, 0.05) is 21.7 Å². The highest BCUT2D eigenvalue weighted by atomic mass is 127. The lowest BCUT2D eigenvalue weighted by atomic mass is 10.1. The first kappa shape index (κ1) is 14.2. The van der Waals surface area contributed by atoms with Crippen LogP contribution in [-0.4, -0.2) is 10.9 Å². The zero-order valence-electron chi connectivity index (χ0n) is 10.4. The summed E-state index contributed by atoms with van der Waals surface area (Å²) in [5.41, 5.74) is 1.47. The van der Waals surface area contributed by atoms with Gasteiger partial charge in [0.2, 0.25) is 0 Å². The third-order valence-corrected chi connectivity index (χ3v) is 3.14. The summed E-state index contributed by atoms with van der Waals surface area (Å²) in [6, 6.07) is 12.8. The van der Waals surface area contributed by atoms with E-state index < -0.39 is 5.91 Å². The summed E-state index contributed by atoms with van der Waals surface area (Å²) in [4.78, 5) is 15.9. The first-order valence-electron chi connectivity index (χ1n) is 5.78. The maximum atomic E-state index is 12.0. The molecule has 0 bridgehead atoms. The van der Waals surface area contributed by atoms with Crippen molar-refractivity contribution >= 4 is 40.3 Å². The lowest BCUT2D eigenvalue weighted by Gasteiger charge is -2.04. The summed E-state index contributed by atoms with van der Waals surface area (Å²) in [6.07, 6.45) is 4.75. The third-order valence-electron chi connectivity index (χ3n) is 2.46. The summed E-state index contributed by atoms with van der Waals surface area (Å²) in [6.45, 7) is 0. The molecule has 0 aliphatic heterocycles. The van der Waals surface area contributed by atoms with E-state index in [1.165, 1.54) is 6.08 Å². The van der Waals surface area contributed by atoms with Gasteiger partial charge in [0.25, 0.3) is 5.91 Å². The quantitative estimate of drug-likeness (QED) is 0.509. The SMILES string of the molecule is N#C/C(=C\c1ccncc1)C(=O)Nc1cccc(I)c1. The summed E-state index contributed by atoms with van der Waals surface area (Å²) < 4.78 is 1.01. The average molecular weight is 375 g/mol. The molecule has 1 N–H and O–H groups in total. The number of anilines is 1. The molecular formula is C15H10IN3O. The maximum Gasteiger partial charge on any atom is 0.266 e. The number of nitrogens with one attached hydrogen (secondary N) is 1. The molecule has 4 nitrogen and oxygen atoms in total. The number of rotatable bonds is 3. The minimum absolute atomic E-state index is 0.0510. The van der Waals surface area contributed by atoms with Gasteiger partial charge in [0.15, 0.2) is 0 Å². The molecule has 0 aliphatic carbocycles. The van der Waals surface area contributed by atoms with Gasteiger partial charge in [0.1, 0.15) is 11.6 Å². The number of pyridine rings is 1. The van der Waals surface area contributed by atoms with Crippen LogP contribution in [0.1, 0.15) is 5.56 Å². The number of nitrogens with zero attached hydrogens (tertiary/aromatic N) is 2. The first-order valence-corrected chi connectivity index (χ1v) is 6.85. The Kier molecular flexibility index (Phi) is 4.85. The number of nitriles is 1. The molecule has 0 saturated carbocycles. The molecule has 98 valence electrons. The van der Waals surface area contributed by atoms with Crippen molar-refractivity contribution in [2.75, 3.05) is 5.32 Å². The molecule has 0 aliphatic rings. The molecule has 20 heavy (non-hydrogen) atoms. The fourth-order valence-electron chi connectivity index (χ4n) is 1.54. The molecule has 2 aromatic rings. The van der Waals surface area contributed by atoms with Crippen LogP contribution in [0, 0.1) is 14.9 Å². The Morgan fingerprint density at radius 2 is 2.05 bits per heavy atom. The van der Waals surface area contributed by atoms with Crippen LogP contribution in [0.15, 0.2) is 54.4 Å². The number of amides is 1. The predicted octanol–water partition coefficient (Wildman–Crippen LogP) is 3.23. The molecule has 0 saturated heterocycles. The second-order valence-corrected chi connectivity index (χ2v) is 5.16. The van der Waals surface area contributed by atoms with Crippen molar-refractivity contribution in [1.82, 2.24) is 4.98 Å². The Morgan fingerprint density at radius 1 is 1.30 bits per heavy atom. The Hall–Kier alpha value is -2.20. The van der Waals surface area contributed by atoms with E-state index in [0.29, 0.717) is 5.69 Å². The van der Waals surface area contributed by atoms with Gasteiger partial charge in [-0.15, -0.1) is 0 Å². The molecule has 5 heteroatoms. The van der Waals surface area contributed by atoms with Crippen molar-refractivity contribution in [3.63, 3.8) is 0 Å². The number of carbonyl (C=O) groups excluding carboxylic acids is 1. The smallest absolute Gasteiger partial charge is 0.266 e. The zero-order valence-corrected chi connectivity index (χ0v) is 12.5. The van der Waals surface area contributed by atoms with Gasteiger partial charge in [-0.2, -0.15) is 5.26 Å². The van der Waals surface area contributed by atoms with E-state index >= 15 is 0 Å². The van der Waals surface area contributed by atoms with Crippen LogP contribution in [0.25, 0.3) is 6.08 Å². The molecule has 0 radical (unpaired) electrons. The monoisotopic (exact) mass is 375 g/mol. The number of hydrogen-bond donors (Lipinski definition) is 1. The molecule has 2 rings (SSSR count).